The van der Waals surface area contributed by atoms with Crippen LogP contribution in [0.15, 0.2) is 11.3 Å². The van der Waals surface area contributed by atoms with Crippen molar-refractivity contribution in [3.05, 3.63) is 11.3 Å². The van der Waals surface area contributed by atoms with Crippen LogP contribution in [-0.4, -0.2) is 17.2 Å². The molecule has 0 radical (unpaired) electrons. The molecule has 0 aromatic carbocycles. The fourth-order valence-corrected chi connectivity index (χ4v) is 6.79. The Morgan fingerprint density at radius 1 is 0.926 bits per heavy atom. The molecule has 4 atom stereocenters. The number of ether oxygens (including phenoxy) is 1. The first-order valence-electron chi connectivity index (χ1n) is 10.8. The normalized spacial score (nSPS) is 41.9. The van der Waals surface area contributed by atoms with Crippen molar-refractivity contribution in [3.8, 4) is 0 Å². The number of Topliss-reactive ketones (excluding diaryl/α,β-unsaturated/α-hetero) is 2. The number of carbonyl (C=O) groups is 2. The first-order valence-corrected chi connectivity index (χ1v) is 10.8. The minimum Gasteiger partial charge on any atom is -0.490 e. The van der Waals surface area contributed by atoms with Crippen LogP contribution < -0.4 is 0 Å². The van der Waals surface area contributed by atoms with E-state index in [1.807, 2.05) is 13.8 Å². The monoisotopic (exact) mass is 372 g/mol. The Kier molecular flexibility index (Phi) is 3.75. The van der Waals surface area contributed by atoms with Crippen LogP contribution in [0.4, 0.5) is 0 Å². The molecule has 0 amide bonds. The van der Waals surface area contributed by atoms with Gasteiger partial charge in [-0.05, 0) is 76.5 Å². The zero-order chi connectivity index (χ0) is 20.2. The summed E-state index contributed by atoms with van der Waals surface area (Å²) in [5.74, 6) is 2.52. The number of hydrogen-bond acceptors (Lipinski definition) is 3. The highest BCUT2D eigenvalue weighted by atomic mass is 16.5. The van der Waals surface area contributed by atoms with Crippen molar-refractivity contribution >= 4 is 11.6 Å². The Balaban J connectivity index is 1.85. The number of hydrogen-bond donors (Lipinski definition) is 0. The van der Waals surface area contributed by atoms with Crippen LogP contribution in [-0.2, 0) is 14.3 Å². The molecule has 27 heavy (non-hydrogen) atoms. The molecule has 4 aliphatic rings. The maximum absolute atomic E-state index is 13.4. The molecule has 150 valence electrons. The second-order valence-corrected chi connectivity index (χ2v) is 11.5. The minimum absolute atomic E-state index is 0.000656. The standard InChI is InChI=1S/C24H36O3/c1-13(2)15-11-24(10-9-23(14(3)4)12-16(23)24)27-19-17(15)18(25)21(5,6)20(26)22(19,7)8/h13-16H,9-12H2,1-8H3/t15-,16-,23+,24-/m0/s1. The largest absolute Gasteiger partial charge is 0.490 e. The number of rotatable bonds is 2. The van der Waals surface area contributed by atoms with Crippen LogP contribution in [0.5, 0.6) is 0 Å². The zero-order valence-electron chi connectivity index (χ0n) is 18.4. The van der Waals surface area contributed by atoms with Crippen LogP contribution in [0.3, 0.4) is 0 Å². The van der Waals surface area contributed by atoms with E-state index >= 15 is 0 Å². The molecule has 0 bridgehead atoms. The third-order valence-electron chi connectivity index (χ3n) is 8.72. The van der Waals surface area contributed by atoms with Gasteiger partial charge in [0.15, 0.2) is 11.6 Å². The van der Waals surface area contributed by atoms with E-state index in [1.165, 1.54) is 12.8 Å². The van der Waals surface area contributed by atoms with Crippen molar-refractivity contribution in [1.82, 2.24) is 0 Å². The van der Waals surface area contributed by atoms with Crippen LogP contribution in [0.1, 0.15) is 81.1 Å². The first kappa shape index (κ1) is 19.2. The Bertz CT molecular complexity index is 754. The van der Waals surface area contributed by atoms with Gasteiger partial charge in [-0.3, -0.25) is 9.59 Å². The van der Waals surface area contributed by atoms with Gasteiger partial charge < -0.3 is 4.74 Å². The van der Waals surface area contributed by atoms with Gasteiger partial charge in [0, 0.05) is 11.5 Å². The van der Waals surface area contributed by atoms with Crippen LogP contribution in [0.2, 0.25) is 0 Å². The molecule has 4 rings (SSSR count). The van der Waals surface area contributed by atoms with E-state index in [0.717, 1.165) is 18.4 Å². The Morgan fingerprint density at radius 2 is 1.56 bits per heavy atom. The third kappa shape index (κ3) is 2.20. The summed E-state index contributed by atoms with van der Waals surface area (Å²) in [6.07, 6.45) is 4.47. The smallest absolute Gasteiger partial charge is 0.175 e. The SMILES string of the molecule is CC(C)[C@@H]1C[C@]2(CC[C@]3(C(C)C)C[C@H]23)OC2=C1C(=O)C(C)(C)C(=O)C2(C)C. The highest BCUT2D eigenvalue weighted by Crippen LogP contribution is 2.75. The van der Waals surface area contributed by atoms with E-state index in [4.69, 9.17) is 4.74 Å². The fourth-order valence-electron chi connectivity index (χ4n) is 6.79. The summed E-state index contributed by atoms with van der Waals surface area (Å²) in [5.41, 5.74) is -0.609. The van der Waals surface area contributed by atoms with Crippen molar-refractivity contribution in [3.63, 3.8) is 0 Å². The maximum Gasteiger partial charge on any atom is 0.175 e. The number of fused-ring (bicyclic) bond motifs is 2. The van der Waals surface area contributed by atoms with E-state index in [-0.39, 0.29) is 23.1 Å². The minimum atomic E-state index is -0.958. The van der Waals surface area contributed by atoms with Gasteiger partial charge in [-0.25, -0.2) is 0 Å². The van der Waals surface area contributed by atoms with Crippen molar-refractivity contribution in [2.45, 2.75) is 86.7 Å². The first-order chi connectivity index (χ1) is 12.3. The molecule has 3 heteroatoms. The molecule has 0 aromatic heterocycles. The fraction of sp³-hybridized carbons (Fsp3) is 0.833. The molecule has 1 heterocycles. The van der Waals surface area contributed by atoms with Gasteiger partial charge in [0.1, 0.15) is 11.4 Å². The van der Waals surface area contributed by atoms with Crippen LogP contribution in [0, 0.1) is 39.9 Å². The van der Waals surface area contributed by atoms with Gasteiger partial charge in [-0.15, -0.1) is 0 Å². The third-order valence-corrected chi connectivity index (χ3v) is 8.72. The molecule has 0 N–H and O–H groups in total. The van der Waals surface area contributed by atoms with Crippen molar-refractivity contribution in [2.75, 3.05) is 0 Å². The quantitative estimate of drug-likeness (QED) is 0.615. The number of ketones is 2. The number of allylic oxidation sites excluding steroid dienone is 2. The summed E-state index contributed by atoms with van der Waals surface area (Å²) in [4.78, 5) is 26.6. The molecule has 2 saturated carbocycles. The maximum atomic E-state index is 13.4. The molecule has 1 aliphatic heterocycles. The lowest BCUT2D eigenvalue weighted by molar-refractivity contribution is -0.152. The Labute approximate surface area is 164 Å². The van der Waals surface area contributed by atoms with Crippen molar-refractivity contribution < 1.29 is 14.3 Å². The molecule has 0 aromatic rings. The molecular formula is C24H36O3. The zero-order valence-corrected chi connectivity index (χ0v) is 18.4. The van der Waals surface area contributed by atoms with Crippen molar-refractivity contribution in [1.29, 1.82) is 0 Å². The average Bonchev–Trinajstić information content (AvgIpc) is 3.27. The van der Waals surface area contributed by atoms with Gasteiger partial charge >= 0.3 is 0 Å². The summed E-state index contributed by atoms with van der Waals surface area (Å²) in [6, 6.07) is 0. The highest BCUT2D eigenvalue weighted by molar-refractivity contribution is 6.19. The molecule has 0 saturated heterocycles. The predicted octanol–water partition coefficient (Wildman–Crippen LogP) is 5.33. The molecule has 3 nitrogen and oxygen atoms in total. The Morgan fingerprint density at radius 3 is 2.04 bits per heavy atom. The molecular weight excluding hydrogens is 336 g/mol. The topological polar surface area (TPSA) is 43.4 Å². The molecule has 1 spiro atoms. The van der Waals surface area contributed by atoms with E-state index < -0.39 is 10.8 Å². The van der Waals surface area contributed by atoms with Crippen LogP contribution >= 0.6 is 0 Å². The van der Waals surface area contributed by atoms with E-state index in [9.17, 15) is 9.59 Å². The average molecular weight is 373 g/mol. The lowest BCUT2D eigenvalue weighted by atomic mass is 9.58. The van der Waals surface area contributed by atoms with Gasteiger partial charge in [-0.2, -0.15) is 0 Å². The highest BCUT2D eigenvalue weighted by Gasteiger charge is 2.73. The summed E-state index contributed by atoms with van der Waals surface area (Å²) < 4.78 is 6.84. The molecule has 0 unspecified atom stereocenters. The second kappa shape index (κ2) is 5.27. The van der Waals surface area contributed by atoms with E-state index in [2.05, 4.69) is 27.7 Å². The van der Waals surface area contributed by atoms with E-state index in [0.29, 0.717) is 28.9 Å². The van der Waals surface area contributed by atoms with E-state index in [1.54, 1.807) is 13.8 Å². The molecule has 3 aliphatic carbocycles. The lowest BCUT2D eigenvalue weighted by Gasteiger charge is -2.51. The van der Waals surface area contributed by atoms with Gasteiger partial charge in [0.05, 0.1) is 10.8 Å². The number of carbonyl (C=O) groups excluding carboxylic acids is 2. The summed E-state index contributed by atoms with van der Waals surface area (Å²) >= 11 is 0. The Hall–Kier alpha value is -1.12. The summed E-state index contributed by atoms with van der Waals surface area (Å²) in [5, 5.41) is 0. The van der Waals surface area contributed by atoms with Gasteiger partial charge in [-0.1, -0.05) is 27.7 Å². The lowest BCUT2D eigenvalue weighted by Crippen LogP contribution is -2.55. The van der Waals surface area contributed by atoms with Gasteiger partial charge in [0.25, 0.3) is 0 Å². The van der Waals surface area contributed by atoms with Gasteiger partial charge in [0.2, 0.25) is 0 Å². The van der Waals surface area contributed by atoms with Crippen LogP contribution in [0.25, 0.3) is 0 Å². The molecule has 2 fully saturated rings. The summed E-state index contributed by atoms with van der Waals surface area (Å²) in [6.45, 7) is 16.6. The van der Waals surface area contributed by atoms with Crippen molar-refractivity contribution in [2.24, 2.45) is 39.9 Å². The predicted molar refractivity (Wildman–Crippen MR) is 106 cm³/mol. The summed E-state index contributed by atoms with van der Waals surface area (Å²) in [7, 11) is 0. The second-order valence-electron chi connectivity index (χ2n) is 11.5.